The maximum atomic E-state index is 12.9. The van der Waals surface area contributed by atoms with Gasteiger partial charge in [0.25, 0.3) is 5.91 Å². The monoisotopic (exact) mass is 333 g/mol. The van der Waals surface area contributed by atoms with Gasteiger partial charge in [-0.25, -0.2) is 0 Å². The standard InChI is InChI=1S/C20H31NO3/c1-6-10-24-18-15(3)11-17(12-16(18)4)21-19(22)20(23-5)9-7-8-14(2)13-20/h11-12,14H,6-10,13H2,1-5H3,(H,21,22)/t14-,20+/m1/s1. The van der Waals surface area contributed by atoms with Gasteiger partial charge in [0.1, 0.15) is 11.4 Å². The van der Waals surface area contributed by atoms with E-state index in [0.29, 0.717) is 12.5 Å². The second kappa shape index (κ2) is 8.02. The van der Waals surface area contributed by atoms with E-state index in [4.69, 9.17) is 9.47 Å². The Balaban J connectivity index is 2.16. The number of carbonyl (C=O) groups excluding carboxylic acids is 1. The SMILES string of the molecule is CCCOc1c(C)cc(NC(=O)[C@]2(OC)CCC[C@@H](C)C2)cc1C. The number of carbonyl (C=O) groups is 1. The van der Waals surface area contributed by atoms with Crippen molar-refractivity contribution in [1.82, 2.24) is 0 Å². The van der Waals surface area contributed by atoms with Crippen LogP contribution in [-0.4, -0.2) is 25.2 Å². The van der Waals surface area contributed by atoms with Crippen LogP contribution in [0.25, 0.3) is 0 Å². The molecular formula is C20H31NO3. The van der Waals surface area contributed by atoms with Gasteiger partial charge in [-0.05, 0) is 68.7 Å². The number of amides is 1. The maximum absolute atomic E-state index is 12.9. The molecule has 134 valence electrons. The zero-order chi connectivity index (χ0) is 17.7. The van der Waals surface area contributed by atoms with Crippen molar-refractivity contribution in [3.8, 4) is 5.75 Å². The van der Waals surface area contributed by atoms with Gasteiger partial charge in [-0.2, -0.15) is 0 Å². The van der Waals surface area contributed by atoms with Crippen LogP contribution in [0.2, 0.25) is 0 Å². The smallest absolute Gasteiger partial charge is 0.256 e. The van der Waals surface area contributed by atoms with Crippen molar-refractivity contribution in [2.24, 2.45) is 5.92 Å². The molecular weight excluding hydrogens is 302 g/mol. The van der Waals surface area contributed by atoms with Crippen molar-refractivity contribution < 1.29 is 14.3 Å². The van der Waals surface area contributed by atoms with Crippen LogP contribution in [0, 0.1) is 19.8 Å². The van der Waals surface area contributed by atoms with Crippen LogP contribution in [0.1, 0.15) is 57.1 Å². The highest BCUT2D eigenvalue weighted by Crippen LogP contribution is 2.36. The Morgan fingerprint density at radius 2 is 2.00 bits per heavy atom. The first kappa shape index (κ1) is 18.8. The molecule has 1 fully saturated rings. The van der Waals surface area contributed by atoms with Gasteiger partial charge < -0.3 is 14.8 Å². The highest BCUT2D eigenvalue weighted by molar-refractivity contribution is 5.97. The van der Waals surface area contributed by atoms with Gasteiger partial charge in [-0.3, -0.25) is 4.79 Å². The third kappa shape index (κ3) is 4.10. The molecule has 0 spiro atoms. The summed E-state index contributed by atoms with van der Waals surface area (Å²) in [7, 11) is 1.65. The van der Waals surface area contributed by atoms with Crippen molar-refractivity contribution in [2.45, 2.75) is 65.4 Å². The van der Waals surface area contributed by atoms with Crippen molar-refractivity contribution in [1.29, 1.82) is 0 Å². The maximum Gasteiger partial charge on any atom is 0.256 e. The minimum absolute atomic E-state index is 0.0300. The Morgan fingerprint density at radius 1 is 1.33 bits per heavy atom. The molecule has 0 aromatic heterocycles. The molecule has 4 nitrogen and oxygen atoms in total. The van der Waals surface area contributed by atoms with E-state index in [-0.39, 0.29) is 5.91 Å². The number of benzene rings is 1. The number of hydrogen-bond donors (Lipinski definition) is 1. The Bertz CT molecular complexity index is 561. The topological polar surface area (TPSA) is 47.6 Å². The predicted molar refractivity (Wildman–Crippen MR) is 97.7 cm³/mol. The van der Waals surface area contributed by atoms with Crippen molar-refractivity contribution in [3.63, 3.8) is 0 Å². The lowest BCUT2D eigenvalue weighted by Crippen LogP contribution is -2.47. The summed E-state index contributed by atoms with van der Waals surface area (Å²) in [4.78, 5) is 12.9. The van der Waals surface area contributed by atoms with Crippen LogP contribution in [0.3, 0.4) is 0 Å². The van der Waals surface area contributed by atoms with E-state index in [1.165, 1.54) is 6.42 Å². The summed E-state index contributed by atoms with van der Waals surface area (Å²) in [6, 6.07) is 3.96. The van der Waals surface area contributed by atoms with Crippen molar-refractivity contribution >= 4 is 11.6 Å². The van der Waals surface area contributed by atoms with Gasteiger partial charge in [-0.15, -0.1) is 0 Å². The summed E-state index contributed by atoms with van der Waals surface area (Å²) in [5, 5.41) is 3.07. The first-order valence-electron chi connectivity index (χ1n) is 9.02. The molecule has 0 radical (unpaired) electrons. The number of hydrogen-bond acceptors (Lipinski definition) is 3. The second-order valence-corrected chi connectivity index (χ2v) is 7.14. The molecule has 0 bridgehead atoms. The highest BCUT2D eigenvalue weighted by atomic mass is 16.5. The number of anilines is 1. The molecule has 1 amide bonds. The lowest BCUT2D eigenvalue weighted by molar-refractivity contribution is -0.143. The highest BCUT2D eigenvalue weighted by Gasteiger charge is 2.42. The van der Waals surface area contributed by atoms with Crippen LogP contribution < -0.4 is 10.1 Å². The van der Waals surface area contributed by atoms with Gasteiger partial charge in [0.05, 0.1) is 6.61 Å². The minimum Gasteiger partial charge on any atom is -0.493 e. The predicted octanol–water partition coefficient (Wildman–Crippen LogP) is 4.63. The second-order valence-electron chi connectivity index (χ2n) is 7.14. The van der Waals surface area contributed by atoms with Crippen LogP contribution >= 0.6 is 0 Å². The van der Waals surface area contributed by atoms with E-state index >= 15 is 0 Å². The lowest BCUT2D eigenvalue weighted by atomic mass is 9.78. The number of rotatable bonds is 6. The van der Waals surface area contributed by atoms with Crippen LogP contribution in [0.15, 0.2) is 12.1 Å². The van der Waals surface area contributed by atoms with E-state index in [2.05, 4.69) is 19.2 Å². The third-order valence-electron chi connectivity index (χ3n) is 4.93. The first-order chi connectivity index (χ1) is 11.4. The summed E-state index contributed by atoms with van der Waals surface area (Å²) in [5.41, 5.74) is 2.20. The Morgan fingerprint density at radius 3 is 2.54 bits per heavy atom. The largest absolute Gasteiger partial charge is 0.493 e. The van der Waals surface area contributed by atoms with E-state index < -0.39 is 5.60 Å². The fourth-order valence-corrected chi connectivity index (χ4v) is 3.69. The molecule has 2 atom stereocenters. The van der Waals surface area contributed by atoms with Gasteiger partial charge in [-0.1, -0.05) is 20.3 Å². The zero-order valence-corrected chi connectivity index (χ0v) is 15.7. The summed E-state index contributed by atoms with van der Waals surface area (Å²) in [6.07, 6.45) is 4.75. The molecule has 1 aromatic carbocycles. The first-order valence-corrected chi connectivity index (χ1v) is 9.02. The Hall–Kier alpha value is -1.55. The molecule has 2 rings (SSSR count). The van der Waals surface area contributed by atoms with E-state index in [1.807, 2.05) is 26.0 Å². The Labute approximate surface area is 145 Å². The molecule has 1 aliphatic carbocycles. The molecule has 1 aromatic rings. The molecule has 0 aliphatic heterocycles. The van der Waals surface area contributed by atoms with E-state index in [0.717, 1.165) is 48.2 Å². The summed E-state index contributed by atoms with van der Waals surface area (Å²) < 4.78 is 11.5. The molecule has 24 heavy (non-hydrogen) atoms. The quantitative estimate of drug-likeness (QED) is 0.826. The third-order valence-corrected chi connectivity index (χ3v) is 4.93. The molecule has 0 heterocycles. The molecule has 1 aliphatic rings. The van der Waals surface area contributed by atoms with Gasteiger partial charge in [0, 0.05) is 12.8 Å². The fourth-order valence-electron chi connectivity index (χ4n) is 3.69. The van der Waals surface area contributed by atoms with Gasteiger partial charge in [0.2, 0.25) is 0 Å². The average molecular weight is 333 g/mol. The number of nitrogens with one attached hydrogen (secondary N) is 1. The summed E-state index contributed by atoms with van der Waals surface area (Å²) >= 11 is 0. The number of methoxy groups -OCH3 is 1. The number of ether oxygens (including phenoxy) is 2. The molecule has 0 unspecified atom stereocenters. The normalized spacial score (nSPS) is 23.8. The van der Waals surface area contributed by atoms with Crippen molar-refractivity contribution in [3.05, 3.63) is 23.3 Å². The molecule has 1 N–H and O–H groups in total. The Kier molecular flexibility index (Phi) is 6.27. The zero-order valence-electron chi connectivity index (χ0n) is 15.7. The molecule has 4 heteroatoms. The van der Waals surface area contributed by atoms with Gasteiger partial charge in [0.15, 0.2) is 0 Å². The lowest BCUT2D eigenvalue weighted by Gasteiger charge is -2.37. The van der Waals surface area contributed by atoms with Crippen molar-refractivity contribution in [2.75, 3.05) is 19.0 Å². The minimum atomic E-state index is -0.698. The van der Waals surface area contributed by atoms with Crippen LogP contribution in [-0.2, 0) is 9.53 Å². The van der Waals surface area contributed by atoms with E-state index in [1.54, 1.807) is 7.11 Å². The number of aryl methyl sites for hydroxylation is 2. The average Bonchev–Trinajstić information content (AvgIpc) is 2.54. The van der Waals surface area contributed by atoms with E-state index in [9.17, 15) is 4.79 Å². The molecule has 1 saturated carbocycles. The van der Waals surface area contributed by atoms with Gasteiger partial charge >= 0.3 is 0 Å². The summed E-state index contributed by atoms with van der Waals surface area (Å²) in [6.45, 7) is 9.02. The molecule has 0 saturated heterocycles. The fraction of sp³-hybridized carbons (Fsp3) is 0.650. The van der Waals surface area contributed by atoms with Crippen LogP contribution in [0.4, 0.5) is 5.69 Å². The van der Waals surface area contributed by atoms with Crippen LogP contribution in [0.5, 0.6) is 5.75 Å². The summed E-state index contributed by atoms with van der Waals surface area (Å²) in [5.74, 6) is 1.40.